The van der Waals surface area contributed by atoms with E-state index in [1.807, 2.05) is 35.7 Å². The van der Waals surface area contributed by atoms with Gasteiger partial charge in [-0.2, -0.15) is 23.1 Å². The van der Waals surface area contributed by atoms with E-state index in [1.165, 1.54) is 5.56 Å². The lowest BCUT2D eigenvalue weighted by Crippen LogP contribution is -2.51. The number of imide groups is 1. The zero-order valence-corrected chi connectivity index (χ0v) is 18.5. The van der Waals surface area contributed by atoms with Crippen molar-refractivity contribution in [1.29, 1.82) is 0 Å². The average molecular weight is 451 g/mol. The van der Waals surface area contributed by atoms with Crippen molar-refractivity contribution in [2.45, 2.75) is 18.2 Å². The molecule has 2 aromatic carbocycles. The molecule has 0 unspecified atom stereocenters. The zero-order chi connectivity index (χ0) is 21.6. The van der Waals surface area contributed by atoms with Gasteiger partial charge in [-0.1, -0.05) is 42.5 Å². The minimum absolute atomic E-state index is 0.278. The molecular weight excluding hydrogens is 428 g/mol. The maximum atomic E-state index is 13.1. The smallest absolute Gasteiger partial charge is 0.262 e. The van der Waals surface area contributed by atoms with Crippen molar-refractivity contribution < 1.29 is 14.4 Å². The van der Waals surface area contributed by atoms with E-state index in [0.717, 1.165) is 22.0 Å². The lowest BCUT2D eigenvalue weighted by molar-refractivity contribution is -0.124. The first-order valence-electron chi connectivity index (χ1n) is 10.0. The van der Waals surface area contributed by atoms with Crippen molar-refractivity contribution >= 4 is 40.8 Å². The van der Waals surface area contributed by atoms with E-state index in [4.69, 9.17) is 0 Å². The molecule has 31 heavy (non-hydrogen) atoms. The highest BCUT2D eigenvalue weighted by atomic mass is 32.2. The van der Waals surface area contributed by atoms with Crippen molar-refractivity contribution in [2.24, 2.45) is 0 Å². The molecule has 3 aromatic rings. The second-order valence-electron chi connectivity index (χ2n) is 7.21. The van der Waals surface area contributed by atoms with Crippen LogP contribution in [-0.2, 0) is 17.0 Å². The number of rotatable bonds is 9. The molecule has 1 aromatic heterocycles. The van der Waals surface area contributed by atoms with E-state index < -0.39 is 17.9 Å². The second-order valence-corrected chi connectivity index (χ2v) is 9.09. The molecule has 0 spiro atoms. The summed E-state index contributed by atoms with van der Waals surface area (Å²) >= 11 is 3.41. The number of thioether (sulfide) groups is 1. The number of carbonyl (C=O) groups excluding carboxylic acids is 3. The highest BCUT2D eigenvalue weighted by Gasteiger charge is 2.42. The molecule has 0 radical (unpaired) electrons. The van der Waals surface area contributed by atoms with Gasteiger partial charge in [0.15, 0.2) is 0 Å². The lowest BCUT2D eigenvalue weighted by Gasteiger charge is -2.25. The van der Waals surface area contributed by atoms with Crippen LogP contribution in [0.1, 0.15) is 31.8 Å². The number of hydrogen-bond donors (Lipinski definition) is 1. The van der Waals surface area contributed by atoms with E-state index in [0.29, 0.717) is 17.7 Å². The van der Waals surface area contributed by atoms with Crippen LogP contribution in [0.25, 0.3) is 0 Å². The largest absolute Gasteiger partial charge is 0.353 e. The third kappa shape index (κ3) is 4.89. The maximum Gasteiger partial charge on any atom is 0.262 e. The van der Waals surface area contributed by atoms with Crippen LogP contribution >= 0.6 is 23.1 Å². The van der Waals surface area contributed by atoms with E-state index in [1.54, 1.807) is 47.4 Å². The summed E-state index contributed by atoms with van der Waals surface area (Å²) in [4.78, 5) is 40.2. The lowest BCUT2D eigenvalue weighted by atomic mass is 10.0. The van der Waals surface area contributed by atoms with Gasteiger partial charge >= 0.3 is 0 Å². The first-order chi connectivity index (χ1) is 15.1. The maximum absolute atomic E-state index is 13.1. The van der Waals surface area contributed by atoms with Crippen molar-refractivity contribution in [3.8, 4) is 0 Å². The Morgan fingerprint density at radius 2 is 1.61 bits per heavy atom. The number of fused-ring (bicyclic) bond motifs is 1. The van der Waals surface area contributed by atoms with Gasteiger partial charge in [-0.05, 0) is 40.1 Å². The summed E-state index contributed by atoms with van der Waals surface area (Å²) in [6.07, 6.45) is 0.278. The Morgan fingerprint density at radius 3 is 2.26 bits per heavy atom. The van der Waals surface area contributed by atoms with Crippen LogP contribution in [0.2, 0.25) is 0 Å². The normalized spacial score (nSPS) is 13.9. The third-order valence-corrected chi connectivity index (χ3v) is 6.87. The Morgan fingerprint density at radius 1 is 0.935 bits per heavy atom. The van der Waals surface area contributed by atoms with Crippen molar-refractivity contribution in [1.82, 2.24) is 10.2 Å². The summed E-state index contributed by atoms with van der Waals surface area (Å²) in [5.41, 5.74) is 2.87. The minimum atomic E-state index is -0.892. The van der Waals surface area contributed by atoms with E-state index in [2.05, 4.69) is 16.8 Å². The fourth-order valence-electron chi connectivity index (χ4n) is 3.56. The Labute approximate surface area is 189 Å². The quantitative estimate of drug-likeness (QED) is 0.395. The molecule has 158 valence electrons. The van der Waals surface area contributed by atoms with Crippen molar-refractivity contribution in [2.75, 3.05) is 12.3 Å². The van der Waals surface area contributed by atoms with E-state index in [9.17, 15) is 14.4 Å². The standard InChI is InChI=1S/C24H22N2O3S2/c27-22(25-11-13-31-16-18-10-12-30-15-18)21(14-17-6-2-1-3-7-17)26-23(28)19-8-4-5-9-20(19)24(26)29/h1-10,12,15,21H,11,13-14,16H2,(H,25,27)/t21-/m1/s1. The fourth-order valence-corrected chi connectivity index (χ4v) is 5.14. The summed E-state index contributed by atoms with van der Waals surface area (Å²) in [6.45, 7) is 0.474. The SMILES string of the molecule is O=C(NCCSCc1ccsc1)[C@@H](Cc1ccccc1)N1C(=O)c2ccccc2C1=O. The highest BCUT2D eigenvalue weighted by molar-refractivity contribution is 7.98. The molecule has 2 heterocycles. The average Bonchev–Trinajstić information content (AvgIpc) is 3.40. The van der Waals surface area contributed by atoms with Gasteiger partial charge in [-0.3, -0.25) is 19.3 Å². The van der Waals surface area contributed by atoms with Crippen LogP contribution < -0.4 is 5.32 Å². The first-order valence-corrected chi connectivity index (χ1v) is 12.1. The number of nitrogens with zero attached hydrogens (tertiary/aromatic N) is 1. The summed E-state index contributed by atoms with van der Waals surface area (Å²) < 4.78 is 0. The molecule has 1 N–H and O–H groups in total. The molecule has 0 fully saturated rings. The van der Waals surface area contributed by atoms with Crippen LogP contribution in [0.4, 0.5) is 0 Å². The van der Waals surface area contributed by atoms with Gasteiger partial charge in [-0.25, -0.2) is 0 Å². The van der Waals surface area contributed by atoms with Gasteiger partial charge < -0.3 is 5.32 Å². The molecule has 4 rings (SSSR count). The van der Waals surface area contributed by atoms with Crippen LogP contribution in [0, 0.1) is 0 Å². The molecule has 3 amide bonds. The zero-order valence-electron chi connectivity index (χ0n) is 16.8. The summed E-state index contributed by atoms with van der Waals surface area (Å²) in [7, 11) is 0. The van der Waals surface area contributed by atoms with Gasteiger partial charge in [0.25, 0.3) is 11.8 Å². The van der Waals surface area contributed by atoms with Crippen LogP contribution in [-0.4, -0.2) is 41.0 Å². The number of benzene rings is 2. The van der Waals surface area contributed by atoms with E-state index in [-0.39, 0.29) is 12.3 Å². The Bertz CT molecular complexity index is 1030. The predicted molar refractivity (Wildman–Crippen MR) is 124 cm³/mol. The molecular formula is C24H22N2O3S2. The van der Waals surface area contributed by atoms with Gasteiger partial charge in [0.2, 0.25) is 5.91 Å². The molecule has 0 saturated heterocycles. The highest BCUT2D eigenvalue weighted by Crippen LogP contribution is 2.26. The second kappa shape index (κ2) is 9.94. The molecule has 1 atom stereocenters. The molecule has 1 aliphatic rings. The van der Waals surface area contributed by atoms with Crippen LogP contribution in [0.3, 0.4) is 0 Å². The topological polar surface area (TPSA) is 66.5 Å². The monoisotopic (exact) mass is 450 g/mol. The van der Waals surface area contributed by atoms with Crippen molar-refractivity contribution in [3.63, 3.8) is 0 Å². The fraction of sp³-hybridized carbons (Fsp3) is 0.208. The van der Waals surface area contributed by atoms with Gasteiger partial charge in [0.1, 0.15) is 6.04 Å². The van der Waals surface area contributed by atoms with Crippen LogP contribution in [0.15, 0.2) is 71.4 Å². The Balaban J connectivity index is 1.45. The predicted octanol–water partition coefficient (Wildman–Crippen LogP) is 4.01. The van der Waals surface area contributed by atoms with Gasteiger partial charge in [-0.15, -0.1) is 0 Å². The Hall–Kier alpha value is -2.90. The molecule has 1 aliphatic heterocycles. The van der Waals surface area contributed by atoms with E-state index >= 15 is 0 Å². The molecule has 5 nitrogen and oxygen atoms in total. The number of thiophene rings is 1. The molecule has 0 saturated carbocycles. The molecule has 7 heteroatoms. The minimum Gasteiger partial charge on any atom is -0.353 e. The summed E-state index contributed by atoms with van der Waals surface area (Å²) in [5, 5.41) is 7.09. The molecule has 0 bridgehead atoms. The number of hydrogen-bond acceptors (Lipinski definition) is 5. The number of nitrogens with one attached hydrogen (secondary N) is 1. The third-order valence-electron chi connectivity index (χ3n) is 5.11. The number of carbonyl (C=O) groups is 3. The van der Waals surface area contributed by atoms with Gasteiger partial charge in [0, 0.05) is 24.5 Å². The molecule has 0 aliphatic carbocycles. The van der Waals surface area contributed by atoms with Gasteiger partial charge in [0.05, 0.1) is 11.1 Å². The summed E-state index contributed by atoms with van der Waals surface area (Å²) in [6, 6.07) is 17.4. The first kappa shape index (κ1) is 21.3. The van der Waals surface area contributed by atoms with Crippen molar-refractivity contribution in [3.05, 3.63) is 93.7 Å². The Kier molecular flexibility index (Phi) is 6.84. The number of amides is 3. The summed E-state index contributed by atoms with van der Waals surface area (Å²) in [5.74, 6) is 0.508. The van der Waals surface area contributed by atoms with Crippen LogP contribution in [0.5, 0.6) is 0 Å².